The average Bonchev–Trinajstić information content (AvgIpc) is 3.43. The summed E-state index contributed by atoms with van der Waals surface area (Å²) in [6, 6.07) is 28.9. The monoisotopic (exact) mass is 387 g/mol. The van der Waals surface area contributed by atoms with Gasteiger partial charge in [-0.05, 0) is 49.6 Å². The summed E-state index contributed by atoms with van der Waals surface area (Å²) < 4.78 is 13.9. The molecule has 0 spiro atoms. The number of hydrogen-bond acceptors (Lipinski definition) is 2. The molecule has 0 radical (unpaired) electrons. The lowest BCUT2D eigenvalue weighted by Gasteiger charge is -2.18. The maximum Gasteiger partial charge on any atom is 0.146 e. The van der Waals surface area contributed by atoms with Crippen LogP contribution in [0.3, 0.4) is 0 Å². The van der Waals surface area contributed by atoms with Gasteiger partial charge in [-0.3, -0.25) is 4.21 Å². The molecular weight excluding hydrogens is 362 g/mol. The summed E-state index contributed by atoms with van der Waals surface area (Å²) in [5.41, 5.74) is 3.49. The maximum absolute atomic E-state index is 13.9. The molecule has 1 heterocycles. The van der Waals surface area contributed by atoms with E-state index in [1.54, 1.807) is 0 Å². The Labute approximate surface area is 170 Å². The van der Waals surface area contributed by atoms with E-state index in [2.05, 4.69) is 54.8 Å². The summed E-state index contributed by atoms with van der Waals surface area (Å²) in [7, 11) is -1.18. The van der Waals surface area contributed by atoms with E-state index >= 15 is 0 Å². The van der Waals surface area contributed by atoms with Crippen LogP contribution in [0.5, 0.6) is 0 Å². The van der Waals surface area contributed by atoms with Crippen LogP contribution in [0.4, 0.5) is 5.69 Å². The highest BCUT2D eigenvalue weighted by molar-refractivity contribution is 7.87. The lowest BCUT2D eigenvalue weighted by Crippen LogP contribution is -2.25. The van der Waals surface area contributed by atoms with Gasteiger partial charge in [0.05, 0.1) is 16.8 Å². The van der Waals surface area contributed by atoms with E-state index in [1.165, 1.54) is 11.1 Å². The molecule has 0 saturated carbocycles. The van der Waals surface area contributed by atoms with Gasteiger partial charge in [0, 0.05) is 10.6 Å². The van der Waals surface area contributed by atoms with Crippen molar-refractivity contribution < 1.29 is 4.21 Å². The summed E-state index contributed by atoms with van der Waals surface area (Å²) in [6.07, 6.45) is 3.55. The first kappa shape index (κ1) is 18.7. The molecular formula is C25H25NOS. The van der Waals surface area contributed by atoms with Crippen molar-refractivity contribution in [2.45, 2.75) is 35.6 Å². The summed E-state index contributed by atoms with van der Waals surface area (Å²) in [5.74, 6) is 0. The van der Waals surface area contributed by atoms with Gasteiger partial charge in [0.25, 0.3) is 0 Å². The molecule has 3 heteroatoms. The number of para-hydroxylation sites is 1. The van der Waals surface area contributed by atoms with Gasteiger partial charge in [0.2, 0.25) is 0 Å². The SMILES string of the molecule is C=CCC[C@@]1([S@@](=O)c2ccc(C)cc2)[C@@H](c2ccccc2)N1c1ccccc1. The van der Waals surface area contributed by atoms with Crippen LogP contribution in [0.1, 0.15) is 30.0 Å². The molecule has 1 saturated heterocycles. The minimum absolute atomic E-state index is 0.0817. The van der Waals surface area contributed by atoms with Crippen molar-refractivity contribution in [3.63, 3.8) is 0 Å². The minimum Gasteiger partial charge on any atom is -0.342 e. The van der Waals surface area contributed by atoms with E-state index in [9.17, 15) is 4.21 Å². The number of allylic oxidation sites excluding steroid dienone is 1. The van der Waals surface area contributed by atoms with Crippen molar-refractivity contribution in [2.75, 3.05) is 4.90 Å². The third-order valence-corrected chi connectivity index (χ3v) is 7.40. The normalized spacial score (nSPS) is 21.9. The second-order valence-electron chi connectivity index (χ2n) is 7.27. The molecule has 2 nitrogen and oxygen atoms in total. The fourth-order valence-corrected chi connectivity index (χ4v) is 5.91. The Morgan fingerprint density at radius 2 is 1.57 bits per heavy atom. The molecule has 0 N–H and O–H groups in total. The first-order valence-electron chi connectivity index (χ1n) is 9.67. The number of aryl methyl sites for hydroxylation is 1. The Kier molecular flexibility index (Phi) is 5.19. The van der Waals surface area contributed by atoms with Crippen LogP contribution in [0.15, 0.2) is 102 Å². The van der Waals surface area contributed by atoms with Gasteiger partial charge in [0.15, 0.2) is 0 Å². The molecule has 142 valence electrons. The van der Waals surface area contributed by atoms with Crippen LogP contribution < -0.4 is 4.90 Å². The van der Waals surface area contributed by atoms with E-state index in [-0.39, 0.29) is 6.04 Å². The van der Waals surface area contributed by atoms with Crippen molar-refractivity contribution in [1.82, 2.24) is 0 Å². The van der Waals surface area contributed by atoms with Crippen LogP contribution >= 0.6 is 0 Å². The molecule has 0 unspecified atom stereocenters. The molecule has 3 aromatic carbocycles. The lowest BCUT2D eigenvalue weighted by atomic mass is 10.1. The predicted molar refractivity (Wildman–Crippen MR) is 118 cm³/mol. The van der Waals surface area contributed by atoms with Crippen LogP contribution in [-0.4, -0.2) is 9.08 Å². The molecule has 28 heavy (non-hydrogen) atoms. The zero-order chi connectivity index (χ0) is 19.6. The number of hydrogen-bond donors (Lipinski definition) is 0. The molecule has 0 amide bonds. The van der Waals surface area contributed by atoms with Crippen molar-refractivity contribution in [2.24, 2.45) is 0 Å². The first-order chi connectivity index (χ1) is 13.7. The molecule has 0 aromatic heterocycles. The molecule has 1 fully saturated rings. The predicted octanol–water partition coefficient (Wildman–Crippen LogP) is 6.03. The Hall–Kier alpha value is -2.65. The molecule has 0 bridgehead atoms. The van der Waals surface area contributed by atoms with Crippen LogP contribution in [-0.2, 0) is 10.8 Å². The fraction of sp³-hybridized carbons (Fsp3) is 0.200. The van der Waals surface area contributed by atoms with Gasteiger partial charge in [-0.2, -0.15) is 0 Å². The first-order valence-corrected chi connectivity index (χ1v) is 10.8. The summed E-state index contributed by atoms with van der Waals surface area (Å²) in [6.45, 7) is 5.97. The van der Waals surface area contributed by atoms with Crippen LogP contribution in [0, 0.1) is 6.92 Å². The van der Waals surface area contributed by atoms with E-state index < -0.39 is 15.7 Å². The van der Waals surface area contributed by atoms with Crippen LogP contribution in [0.25, 0.3) is 0 Å². The second kappa shape index (κ2) is 7.76. The van der Waals surface area contributed by atoms with E-state index in [0.717, 1.165) is 23.4 Å². The number of benzene rings is 3. The minimum atomic E-state index is -1.18. The lowest BCUT2D eigenvalue weighted by molar-refractivity contribution is 0.650. The van der Waals surface area contributed by atoms with Crippen LogP contribution in [0.2, 0.25) is 0 Å². The molecule has 0 aliphatic carbocycles. The van der Waals surface area contributed by atoms with Gasteiger partial charge in [-0.25, -0.2) is 0 Å². The highest BCUT2D eigenvalue weighted by Crippen LogP contribution is 2.61. The zero-order valence-corrected chi connectivity index (χ0v) is 16.9. The molecule has 1 aliphatic heterocycles. The van der Waals surface area contributed by atoms with Gasteiger partial charge in [0.1, 0.15) is 4.87 Å². The van der Waals surface area contributed by atoms with Gasteiger partial charge < -0.3 is 4.90 Å². The largest absolute Gasteiger partial charge is 0.342 e. The van der Waals surface area contributed by atoms with E-state index in [0.29, 0.717) is 0 Å². The molecule has 3 aromatic rings. The average molecular weight is 388 g/mol. The fourth-order valence-electron chi connectivity index (χ4n) is 4.03. The highest BCUT2D eigenvalue weighted by atomic mass is 32.2. The highest BCUT2D eigenvalue weighted by Gasteiger charge is 2.67. The Balaban J connectivity index is 1.83. The van der Waals surface area contributed by atoms with Gasteiger partial charge in [-0.1, -0.05) is 72.3 Å². The van der Waals surface area contributed by atoms with Gasteiger partial charge >= 0.3 is 0 Å². The quantitative estimate of drug-likeness (QED) is 0.364. The van der Waals surface area contributed by atoms with E-state index in [4.69, 9.17) is 0 Å². The molecule has 3 atom stereocenters. The van der Waals surface area contributed by atoms with Crippen molar-refractivity contribution in [3.8, 4) is 0 Å². The van der Waals surface area contributed by atoms with Crippen molar-refractivity contribution in [3.05, 3.63) is 109 Å². The summed E-state index contributed by atoms with van der Waals surface area (Å²) in [5, 5.41) is 0. The topological polar surface area (TPSA) is 20.1 Å². The smallest absolute Gasteiger partial charge is 0.146 e. The summed E-state index contributed by atoms with van der Waals surface area (Å²) in [4.78, 5) is 2.75. The Bertz CT molecular complexity index is 921. The third kappa shape index (κ3) is 3.20. The third-order valence-electron chi connectivity index (χ3n) is 5.44. The number of rotatable bonds is 7. The molecule has 1 aliphatic rings. The Morgan fingerprint density at radius 1 is 0.964 bits per heavy atom. The van der Waals surface area contributed by atoms with E-state index in [1.807, 2.05) is 54.6 Å². The maximum atomic E-state index is 13.9. The van der Waals surface area contributed by atoms with Crippen molar-refractivity contribution >= 4 is 16.5 Å². The van der Waals surface area contributed by atoms with Gasteiger partial charge in [-0.15, -0.1) is 6.58 Å². The summed E-state index contributed by atoms with van der Waals surface area (Å²) >= 11 is 0. The second-order valence-corrected chi connectivity index (χ2v) is 8.99. The molecule has 4 rings (SSSR count). The zero-order valence-electron chi connectivity index (χ0n) is 16.1. The standard InChI is InChI=1S/C25H25NOS/c1-3-4-19-25(28(27)23-17-15-20(2)16-18-23)24(21-11-7-5-8-12-21)26(25)22-13-9-6-10-14-22/h3,5-18,24H,1,4,19H2,2H3/t24-,25-,26?,28+/m1/s1. The number of nitrogens with zero attached hydrogens (tertiary/aromatic N) is 1. The van der Waals surface area contributed by atoms with Crippen molar-refractivity contribution in [1.29, 1.82) is 0 Å². The Morgan fingerprint density at radius 3 is 2.18 bits per heavy atom. The number of anilines is 1.